The SMILES string of the molecule is COC(=O)N[C@H](C(=O)N1CCC[C@H]1c1nc2ccc(-c3ccc4cc(C5=CN=C([C@@H]6CCCN6)C5)ccc4c3)cc2[nH]1)C(C)C.COC(=O)N[C@H](C(=O)N1CCC[C@H]1c1nc2ccc(-c3ccc4cc(C5=CN=C([C@@H]6CCCN6C(=O)OC(C)(C)C)C5)ccc4c3)cc2[nH]1)C(C)C.Cl.S.S.S.S.S.S. The third kappa shape index (κ3) is 18.7. The Hall–Kier alpha value is -7.30. The number of ether oxygens (including phenoxy) is 3. The summed E-state index contributed by atoms with van der Waals surface area (Å²) in [6.45, 7) is 16.4. The lowest BCUT2D eigenvalue weighted by molar-refractivity contribution is -0.136. The van der Waals surface area contributed by atoms with Crippen molar-refractivity contribution in [2.75, 3.05) is 40.4 Å². The van der Waals surface area contributed by atoms with Crippen LogP contribution in [0.15, 0.2) is 132 Å². The highest BCUT2D eigenvalue weighted by molar-refractivity contribution is 7.60. The number of hydrogen-bond donors (Lipinski definition) is 5. The van der Waals surface area contributed by atoms with Crippen LogP contribution < -0.4 is 16.0 Å². The Morgan fingerprint density at radius 3 is 1.29 bits per heavy atom. The van der Waals surface area contributed by atoms with Crippen LogP contribution in [-0.4, -0.2) is 146 Å². The highest BCUT2D eigenvalue weighted by Crippen LogP contribution is 2.39. The number of likely N-dealkylation sites (tertiary alicyclic amines) is 3. The van der Waals surface area contributed by atoms with Gasteiger partial charge in [0.25, 0.3) is 0 Å². The number of alkyl carbamates (subject to hydrolysis) is 2. The molecule has 8 heterocycles. The van der Waals surface area contributed by atoms with E-state index in [-0.39, 0.29) is 141 Å². The Morgan fingerprint density at radius 2 is 0.875 bits per heavy atom. The van der Waals surface area contributed by atoms with Gasteiger partial charge in [-0.05, 0) is 205 Å². The van der Waals surface area contributed by atoms with Gasteiger partial charge >= 0.3 is 18.3 Å². The maximum absolute atomic E-state index is 13.6. The Bertz CT molecular complexity index is 4530. The lowest BCUT2D eigenvalue weighted by atomic mass is 9.95. The molecule has 560 valence electrons. The van der Waals surface area contributed by atoms with Gasteiger partial charge in [0.2, 0.25) is 11.8 Å². The van der Waals surface area contributed by atoms with Crippen LogP contribution >= 0.6 is 93.4 Å². The second kappa shape index (κ2) is 36.8. The molecule has 27 heteroatoms. The average molecular weight is 1550 g/mol. The van der Waals surface area contributed by atoms with Crippen LogP contribution in [0.1, 0.15) is 148 Å². The van der Waals surface area contributed by atoms with Gasteiger partial charge in [-0.25, -0.2) is 24.4 Å². The second-order valence-electron chi connectivity index (χ2n) is 28.2. The number of H-pyrrole nitrogens is 2. The molecule has 20 nitrogen and oxygen atoms in total. The Kier molecular flexibility index (Phi) is 30.3. The summed E-state index contributed by atoms with van der Waals surface area (Å²) in [4.78, 5) is 95.8. The number of nitrogens with one attached hydrogen (secondary N) is 5. The van der Waals surface area contributed by atoms with Crippen molar-refractivity contribution in [1.82, 2.24) is 50.6 Å². The molecule has 6 aromatic carbocycles. The lowest BCUT2D eigenvalue weighted by Gasteiger charge is -2.29. The Labute approximate surface area is 657 Å². The molecule has 0 radical (unpaired) electrons. The molecular formula is C77H101ClN12O8S6. The third-order valence-corrected chi connectivity index (χ3v) is 19.8. The van der Waals surface area contributed by atoms with Gasteiger partial charge in [-0.15, -0.1) is 12.4 Å². The van der Waals surface area contributed by atoms with Crippen molar-refractivity contribution in [1.29, 1.82) is 0 Å². The van der Waals surface area contributed by atoms with Crippen molar-refractivity contribution < 1.29 is 38.2 Å². The van der Waals surface area contributed by atoms with E-state index in [1.807, 2.05) is 87.7 Å². The zero-order valence-corrected chi connectivity index (χ0v) is 67.2. The minimum Gasteiger partial charge on any atom is -0.453 e. The van der Waals surface area contributed by atoms with Crippen LogP contribution in [0.2, 0.25) is 0 Å². The molecule has 6 atom stereocenters. The second-order valence-corrected chi connectivity index (χ2v) is 28.2. The third-order valence-electron chi connectivity index (χ3n) is 19.8. The van der Waals surface area contributed by atoms with Crippen molar-refractivity contribution in [3.8, 4) is 22.3 Å². The van der Waals surface area contributed by atoms with Gasteiger partial charge in [0, 0.05) is 62.3 Å². The van der Waals surface area contributed by atoms with Crippen LogP contribution in [0.5, 0.6) is 0 Å². The normalized spacial score (nSPS) is 18.7. The molecule has 2 aromatic heterocycles. The summed E-state index contributed by atoms with van der Waals surface area (Å²) in [5.41, 5.74) is 14.5. The van der Waals surface area contributed by atoms with Crippen molar-refractivity contribution in [3.63, 3.8) is 0 Å². The number of aromatic nitrogens is 4. The number of aromatic amines is 2. The molecule has 0 aliphatic carbocycles. The van der Waals surface area contributed by atoms with Gasteiger partial charge in [-0.3, -0.25) is 24.5 Å². The first-order valence-electron chi connectivity index (χ1n) is 34.4. The Morgan fingerprint density at radius 1 is 0.490 bits per heavy atom. The first-order valence-corrected chi connectivity index (χ1v) is 34.4. The largest absolute Gasteiger partial charge is 0.453 e. The van der Waals surface area contributed by atoms with Crippen molar-refractivity contribution in [3.05, 3.63) is 144 Å². The first-order chi connectivity index (χ1) is 46.8. The van der Waals surface area contributed by atoms with E-state index in [9.17, 15) is 24.0 Å². The lowest BCUT2D eigenvalue weighted by Crippen LogP contribution is -2.51. The van der Waals surface area contributed by atoms with Crippen LogP contribution in [-0.2, 0) is 23.8 Å². The summed E-state index contributed by atoms with van der Waals surface area (Å²) in [5.74, 6) is 1.12. The maximum atomic E-state index is 13.6. The molecule has 0 bridgehead atoms. The summed E-state index contributed by atoms with van der Waals surface area (Å²) >= 11 is 0. The van der Waals surface area contributed by atoms with E-state index >= 15 is 0 Å². The number of halogens is 1. The Balaban J connectivity index is 0.000000308. The van der Waals surface area contributed by atoms with E-state index in [1.54, 1.807) is 0 Å². The van der Waals surface area contributed by atoms with Crippen molar-refractivity contribution in [2.24, 2.45) is 21.8 Å². The van der Waals surface area contributed by atoms with Crippen LogP contribution in [0.25, 0.3) is 77.0 Å². The van der Waals surface area contributed by atoms with Gasteiger partial charge in [0.05, 0.1) is 54.4 Å². The number of rotatable bonds is 14. The number of methoxy groups -OCH3 is 2. The number of hydrogen-bond acceptors (Lipinski definition) is 13. The number of fused-ring (bicyclic) bond motifs is 4. The van der Waals surface area contributed by atoms with Crippen LogP contribution in [0.4, 0.5) is 14.4 Å². The number of allylic oxidation sites excluding steroid dienone is 2. The summed E-state index contributed by atoms with van der Waals surface area (Å²) in [5, 5.41) is 13.7. The zero-order valence-electron chi connectivity index (χ0n) is 60.4. The van der Waals surface area contributed by atoms with E-state index in [1.165, 1.54) is 54.7 Å². The number of imidazole rings is 2. The molecular weight excluding hydrogens is 1450 g/mol. The monoisotopic (exact) mass is 1550 g/mol. The molecule has 0 saturated carbocycles. The topological polar surface area (TPSA) is 241 Å². The summed E-state index contributed by atoms with van der Waals surface area (Å²) in [6.07, 6.45) is 11.8. The number of carbonyl (C=O) groups is 5. The predicted molar refractivity (Wildman–Crippen MR) is 450 cm³/mol. The molecule has 6 aliphatic rings. The molecule has 5 amide bonds. The molecule has 104 heavy (non-hydrogen) atoms. The number of carbonyl (C=O) groups excluding carboxylic acids is 5. The fourth-order valence-corrected chi connectivity index (χ4v) is 14.7. The van der Waals surface area contributed by atoms with Gasteiger partial charge < -0.3 is 49.9 Å². The number of nitrogens with zero attached hydrogens (tertiary/aromatic N) is 7. The molecule has 14 rings (SSSR count). The maximum Gasteiger partial charge on any atom is 0.410 e. The molecule has 8 aromatic rings. The van der Waals surface area contributed by atoms with Gasteiger partial charge in [-0.1, -0.05) is 88.4 Å². The van der Waals surface area contributed by atoms with Crippen molar-refractivity contribution in [2.45, 2.75) is 155 Å². The van der Waals surface area contributed by atoms with Gasteiger partial charge in [0.15, 0.2) is 0 Å². The minimum atomic E-state index is -0.678. The van der Waals surface area contributed by atoms with Gasteiger partial charge in [-0.2, -0.15) is 81.0 Å². The molecule has 6 aliphatic heterocycles. The quantitative estimate of drug-likeness (QED) is 0.0641. The number of aliphatic imine (C=N–C) groups is 2. The summed E-state index contributed by atoms with van der Waals surface area (Å²) in [7, 11) is 2.61. The summed E-state index contributed by atoms with van der Waals surface area (Å²) < 4.78 is 15.2. The molecule has 5 N–H and O–H groups in total. The van der Waals surface area contributed by atoms with Crippen LogP contribution in [0.3, 0.4) is 0 Å². The number of amides is 5. The number of benzene rings is 6. The van der Waals surface area contributed by atoms with E-state index in [0.717, 1.165) is 142 Å². The van der Waals surface area contributed by atoms with E-state index in [4.69, 9.17) is 34.2 Å². The molecule has 4 fully saturated rings. The minimum absolute atomic E-state index is 0. The summed E-state index contributed by atoms with van der Waals surface area (Å²) in [6, 6.07) is 37.5. The predicted octanol–water partition coefficient (Wildman–Crippen LogP) is 15.5. The molecule has 0 spiro atoms. The average Bonchev–Trinajstić information content (AvgIpc) is 1.72. The smallest absolute Gasteiger partial charge is 0.410 e. The molecule has 4 saturated heterocycles. The fraction of sp³-hybridized carbons (Fsp3) is 0.416. The van der Waals surface area contributed by atoms with E-state index in [2.05, 4.69) is 123 Å². The van der Waals surface area contributed by atoms with Crippen LogP contribution in [0, 0.1) is 11.8 Å². The van der Waals surface area contributed by atoms with E-state index < -0.39 is 29.9 Å². The highest BCUT2D eigenvalue weighted by atomic mass is 35.5. The standard InChI is InChI=1S/C41H48N6O5.C36H40N6O3.ClH.6H2S/c1-24(2)36(45-39(49)51-6)38(48)46-17-8-10-35(46)37-43-31-16-15-29(21-32(31)44-37)27-12-11-26-20-28(14-13-25(26)19-27)30-22-33(42-23-30)34-9-7-18-47(34)40(50)52-41(3,4)5;1-21(2)33(41-36(44)45-3)35(43)42-15-5-7-32(42)34-39-29-13-12-26(18-31(29)40-34)24-9-8-23-17-25(11-10-22(23)16-24)27-19-30(38-20-27)28-6-4-14-37-28;;;;;;;/h11-16,19-21,23-24,34-36H,7-10,17-18,22H2,1-6H3,(H,43,44)(H,45,49);8-13,16-18,20-21,28,32-33,37H,4-7,14-15,19H2,1-3H3,(H,39,40)(H,41,44);1H;6*1H2/t34-,35-,36-;28-,32-,33-;;;;;;;/m00......./s1. The zero-order chi connectivity index (χ0) is 67.8. The fourth-order valence-electron chi connectivity index (χ4n) is 14.7. The molecule has 0 unspecified atom stereocenters. The van der Waals surface area contributed by atoms with Crippen molar-refractivity contribution >= 4 is 190 Å². The highest BCUT2D eigenvalue weighted by Gasteiger charge is 2.41. The first kappa shape index (κ1) is 85.6. The van der Waals surface area contributed by atoms with Gasteiger partial charge in [0.1, 0.15) is 29.3 Å². The van der Waals surface area contributed by atoms with E-state index in [0.29, 0.717) is 25.7 Å².